The normalized spacial score (nSPS) is 11.8. The van der Waals surface area contributed by atoms with E-state index < -0.39 is 23.8 Å². The Morgan fingerprint density at radius 2 is 2.22 bits per heavy atom. The SMILES string of the molecule is CC(CC(N)=O)NC(=O)Cn1cc(C(=O)O)nn1. The van der Waals surface area contributed by atoms with Crippen molar-refractivity contribution in [1.82, 2.24) is 20.3 Å². The van der Waals surface area contributed by atoms with Gasteiger partial charge in [0.2, 0.25) is 11.8 Å². The molecule has 0 aromatic carbocycles. The number of rotatable bonds is 6. The number of nitrogens with zero attached hydrogens (tertiary/aromatic N) is 3. The zero-order valence-electron chi connectivity index (χ0n) is 9.66. The monoisotopic (exact) mass is 255 g/mol. The van der Waals surface area contributed by atoms with Crippen molar-refractivity contribution in [3.63, 3.8) is 0 Å². The molecule has 1 atom stereocenters. The van der Waals surface area contributed by atoms with Crippen LogP contribution in [0.25, 0.3) is 0 Å². The maximum atomic E-state index is 11.5. The minimum atomic E-state index is -1.22. The van der Waals surface area contributed by atoms with Crippen LogP contribution in [-0.2, 0) is 16.1 Å². The quantitative estimate of drug-likeness (QED) is 0.556. The van der Waals surface area contributed by atoms with Gasteiger partial charge in [-0.2, -0.15) is 0 Å². The van der Waals surface area contributed by atoms with E-state index in [4.69, 9.17) is 10.8 Å². The van der Waals surface area contributed by atoms with Gasteiger partial charge in [0.1, 0.15) is 6.54 Å². The Morgan fingerprint density at radius 1 is 1.56 bits per heavy atom. The molecule has 1 heterocycles. The van der Waals surface area contributed by atoms with Gasteiger partial charge in [-0.3, -0.25) is 9.59 Å². The van der Waals surface area contributed by atoms with Gasteiger partial charge in [-0.1, -0.05) is 5.21 Å². The van der Waals surface area contributed by atoms with Gasteiger partial charge in [-0.25, -0.2) is 9.48 Å². The molecule has 2 amide bonds. The van der Waals surface area contributed by atoms with Crippen molar-refractivity contribution in [3.05, 3.63) is 11.9 Å². The standard InChI is InChI=1S/C9H13N5O4/c1-5(2-7(10)15)11-8(16)4-14-3-6(9(17)18)12-13-14/h3,5H,2,4H2,1H3,(H2,10,15)(H,11,16)(H,17,18). The minimum absolute atomic E-state index is 0.0312. The molecular formula is C9H13N5O4. The lowest BCUT2D eigenvalue weighted by atomic mass is 10.2. The molecule has 0 fully saturated rings. The Hall–Kier alpha value is -2.45. The maximum Gasteiger partial charge on any atom is 0.358 e. The molecule has 18 heavy (non-hydrogen) atoms. The van der Waals surface area contributed by atoms with Crippen molar-refractivity contribution in [1.29, 1.82) is 0 Å². The average molecular weight is 255 g/mol. The van der Waals surface area contributed by atoms with Crippen molar-refractivity contribution < 1.29 is 19.5 Å². The fourth-order valence-corrected chi connectivity index (χ4v) is 1.29. The molecular weight excluding hydrogens is 242 g/mol. The van der Waals surface area contributed by atoms with Crippen LogP contribution in [0.15, 0.2) is 6.20 Å². The Balaban J connectivity index is 2.48. The van der Waals surface area contributed by atoms with Gasteiger partial charge < -0.3 is 16.2 Å². The number of nitrogens with one attached hydrogen (secondary N) is 1. The molecule has 9 nitrogen and oxygen atoms in total. The van der Waals surface area contributed by atoms with Crippen LogP contribution in [0.4, 0.5) is 0 Å². The lowest BCUT2D eigenvalue weighted by molar-refractivity contribution is -0.123. The van der Waals surface area contributed by atoms with Crippen LogP contribution in [0, 0.1) is 0 Å². The number of nitrogens with two attached hydrogens (primary N) is 1. The Bertz CT molecular complexity index is 469. The number of carboxylic acid groups (broad SMARTS) is 1. The summed E-state index contributed by atoms with van der Waals surface area (Å²) in [5, 5.41) is 18.0. The molecule has 1 rings (SSSR count). The lowest BCUT2D eigenvalue weighted by Crippen LogP contribution is -2.37. The van der Waals surface area contributed by atoms with E-state index in [0.29, 0.717) is 0 Å². The first-order valence-electron chi connectivity index (χ1n) is 5.09. The summed E-state index contributed by atoms with van der Waals surface area (Å²) in [6.45, 7) is 1.45. The topological polar surface area (TPSA) is 140 Å². The summed E-state index contributed by atoms with van der Waals surface area (Å²) in [6, 6.07) is -0.391. The highest BCUT2D eigenvalue weighted by Gasteiger charge is 2.13. The maximum absolute atomic E-state index is 11.5. The first-order valence-corrected chi connectivity index (χ1v) is 5.09. The third-order valence-electron chi connectivity index (χ3n) is 1.98. The van der Waals surface area contributed by atoms with E-state index in [1.807, 2.05) is 0 Å². The van der Waals surface area contributed by atoms with Gasteiger partial charge in [-0.15, -0.1) is 5.10 Å². The number of carboxylic acids is 1. The highest BCUT2D eigenvalue weighted by Crippen LogP contribution is 1.94. The van der Waals surface area contributed by atoms with E-state index in [1.165, 1.54) is 0 Å². The summed E-state index contributed by atoms with van der Waals surface area (Å²) in [6.07, 6.45) is 1.17. The van der Waals surface area contributed by atoms with Crippen molar-refractivity contribution in [2.24, 2.45) is 5.73 Å². The highest BCUT2D eigenvalue weighted by molar-refractivity contribution is 5.85. The number of carbonyl (C=O) groups is 3. The molecule has 4 N–H and O–H groups in total. The molecule has 0 aliphatic heterocycles. The minimum Gasteiger partial charge on any atom is -0.476 e. The molecule has 9 heteroatoms. The van der Waals surface area contributed by atoms with Crippen LogP contribution in [0.3, 0.4) is 0 Å². The molecule has 1 unspecified atom stereocenters. The number of aromatic nitrogens is 3. The number of amides is 2. The summed E-state index contributed by atoms with van der Waals surface area (Å²) in [4.78, 5) is 32.6. The zero-order valence-corrected chi connectivity index (χ0v) is 9.66. The van der Waals surface area contributed by atoms with Crippen LogP contribution >= 0.6 is 0 Å². The van der Waals surface area contributed by atoms with E-state index in [1.54, 1.807) is 6.92 Å². The second-order valence-electron chi connectivity index (χ2n) is 3.75. The Morgan fingerprint density at radius 3 is 2.72 bits per heavy atom. The Labute approximate surface area is 102 Å². The van der Waals surface area contributed by atoms with E-state index in [2.05, 4.69) is 15.6 Å². The molecule has 0 bridgehead atoms. The van der Waals surface area contributed by atoms with Crippen LogP contribution in [0.1, 0.15) is 23.8 Å². The predicted octanol–water partition coefficient (Wildman–Crippen LogP) is -1.64. The number of hydrogen-bond acceptors (Lipinski definition) is 5. The molecule has 0 aliphatic rings. The van der Waals surface area contributed by atoms with Gasteiger partial charge in [-0.05, 0) is 6.92 Å². The largest absolute Gasteiger partial charge is 0.476 e. The van der Waals surface area contributed by atoms with Crippen LogP contribution in [-0.4, -0.2) is 43.9 Å². The molecule has 0 saturated carbocycles. The van der Waals surface area contributed by atoms with E-state index in [0.717, 1.165) is 10.9 Å². The molecule has 1 aromatic heterocycles. The molecule has 0 aliphatic carbocycles. The summed E-state index contributed by atoms with van der Waals surface area (Å²) >= 11 is 0. The van der Waals surface area contributed by atoms with Crippen LogP contribution < -0.4 is 11.1 Å². The summed E-state index contributed by atoms with van der Waals surface area (Å²) < 4.78 is 1.09. The third-order valence-corrected chi connectivity index (χ3v) is 1.98. The molecule has 98 valence electrons. The van der Waals surface area contributed by atoms with Crippen LogP contribution in [0.2, 0.25) is 0 Å². The molecule has 1 aromatic rings. The van der Waals surface area contributed by atoms with Crippen LogP contribution in [0.5, 0.6) is 0 Å². The first-order chi connectivity index (χ1) is 8.38. The number of carbonyl (C=O) groups excluding carboxylic acids is 2. The van der Waals surface area contributed by atoms with Crippen molar-refractivity contribution in [2.45, 2.75) is 25.9 Å². The van der Waals surface area contributed by atoms with Gasteiger partial charge in [0, 0.05) is 12.5 Å². The summed E-state index contributed by atoms with van der Waals surface area (Å²) in [5.41, 5.74) is 4.73. The number of hydrogen-bond donors (Lipinski definition) is 3. The summed E-state index contributed by atoms with van der Waals surface area (Å²) in [7, 11) is 0. The third kappa shape index (κ3) is 4.20. The van der Waals surface area contributed by atoms with Gasteiger partial charge in [0.25, 0.3) is 0 Å². The van der Waals surface area contributed by atoms with E-state index in [-0.39, 0.29) is 18.7 Å². The predicted molar refractivity (Wildman–Crippen MR) is 58.4 cm³/mol. The second-order valence-corrected chi connectivity index (χ2v) is 3.75. The van der Waals surface area contributed by atoms with Gasteiger partial charge in [0.15, 0.2) is 5.69 Å². The number of aromatic carboxylic acids is 1. The summed E-state index contributed by atoms with van der Waals surface area (Å²) in [5.74, 6) is -2.15. The second kappa shape index (κ2) is 5.75. The highest BCUT2D eigenvalue weighted by atomic mass is 16.4. The fourth-order valence-electron chi connectivity index (χ4n) is 1.29. The Kier molecular flexibility index (Phi) is 4.35. The fraction of sp³-hybridized carbons (Fsp3) is 0.444. The smallest absolute Gasteiger partial charge is 0.358 e. The first kappa shape index (κ1) is 13.6. The molecule has 0 radical (unpaired) electrons. The lowest BCUT2D eigenvalue weighted by Gasteiger charge is -2.11. The zero-order chi connectivity index (χ0) is 13.7. The van der Waals surface area contributed by atoms with Gasteiger partial charge >= 0.3 is 5.97 Å². The van der Waals surface area contributed by atoms with Crippen molar-refractivity contribution >= 4 is 17.8 Å². The van der Waals surface area contributed by atoms with E-state index >= 15 is 0 Å². The van der Waals surface area contributed by atoms with E-state index in [9.17, 15) is 14.4 Å². The molecule has 0 spiro atoms. The molecule has 0 saturated heterocycles. The average Bonchev–Trinajstić information content (AvgIpc) is 2.63. The number of primary amides is 1. The van der Waals surface area contributed by atoms with Crippen molar-refractivity contribution in [2.75, 3.05) is 0 Å². The van der Waals surface area contributed by atoms with Gasteiger partial charge in [0.05, 0.1) is 6.20 Å². The van der Waals surface area contributed by atoms with Crippen molar-refractivity contribution in [3.8, 4) is 0 Å².